The van der Waals surface area contributed by atoms with Crippen LogP contribution in [0.4, 0.5) is 0 Å². The molecule has 0 fully saturated rings. The summed E-state index contributed by atoms with van der Waals surface area (Å²) in [5.74, 6) is -0.690. The van der Waals surface area contributed by atoms with Crippen LogP contribution in [0.15, 0.2) is 48.6 Å². The molecule has 0 spiro atoms. The summed E-state index contributed by atoms with van der Waals surface area (Å²) in [5.41, 5.74) is 0. The average molecular weight is 521 g/mol. The van der Waals surface area contributed by atoms with Gasteiger partial charge in [0.05, 0.1) is 6.10 Å². The van der Waals surface area contributed by atoms with Crippen LogP contribution in [0, 0.1) is 0 Å². The van der Waals surface area contributed by atoms with Gasteiger partial charge < -0.3 is 19.7 Å². The maximum atomic E-state index is 11.8. The van der Waals surface area contributed by atoms with Gasteiger partial charge in [0.2, 0.25) is 0 Å². The number of aliphatic hydroxyl groups is 2. The monoisotopic (exact) mass is 520 g/mol. The number of carbonyl (C=O) groups excluding carboxylic acids is 2. The molecule has 0 aromatic rings. The van der Waals surface area contributed by atoms with Crippen molar-refractivity contribution in [3.8, 4) is 0 Å². The summed E-state index contributed by atoms with van der Waals surface area (Å²) >= 11 is 0. The molecule has 212 valence electrons. The predicted molar refractivity (Wildman–Crippen MR) is 151 cm³/mol. The molecule has 2 N–H and O–H groups in total. The normalized spacial score (nSPS) is 13.7. The van der Waals surface area contributed by atoms with E-state index in [1.165, 1.54) is 25.7 Å². The van der Waals surface area contributed by atoms with Gasteiger partial charge in [0.1, 0.15) is 19.3 Å². The molecule has 0 aliphatic rings. The highest BCUT2D eigenvalue weighted by molar-refractivity contribution is 5.69. The maximum Gasteiger partial charge on any atom is 0.305 e. The Morgan fingerprint density at radius 2 is 1.27 bits per heavy atom. The van der Waals surface area contributed by atoms with E-state index in [0.29, 0.717) is 19.3 Å². The molecule has 0 aromatic heterocycles. The van der Waals surface area contributed by atoms with E-state index in [4.69, 9.17) is 9.47 Å². The first-order chi connectivity index (χ1) is 18.0. The first-order valence-electron chi connectivity index (χ1n) is 14.3. The molecule has 0 rings (SSSR count). The topological polar surface area (TPSA) is 93.1 Å². The molecular weight excluding hydrogens is 468 g/mol. The number of ether oxygens (including phenoxy) is 2. The van der Waals surface area contributed by atoms with Crippen LogP contribution in [0.5, 0.6) is 0 Å². The molecule has 0 aliphatic carbocycles. The molecule has 0 aliphatic heterocycles. The Balaban J connectivity index is 3.71. The number of carbonyl (C=O) groups is 2. The Bertz CT molecular complexity index is 665. The van der Waals surface area contributed by atoms with E-state index in [1.807, 2.05) is 36.5 Å². The zero-order valence-electron chi connectivity index (χ0n) is 23.3. The van der Waals surface area contributed by atoms with Crippen LogP contribution in [0.1, 0.15) is 110 Å². The first-order valence-corrected chi connectivity index (χ1v) is 14.3. The van der Waals surface area contributed by atoms with E-state index in [-0.39, 0.29) is 31.6 Å². The number of rotatable bonds is 24. The molecule has 0 aromatic carbocycles. The number of hydrogen-bond donors (Lipinski definition) is 2. The summed E-state index contributed by atoms with van der Waals surface area (Å²) in [4.78, 5) is 23.4. The molecule has 0 saturated carbocycles. The van der Waals surface area contributed by atoms with Crippen molar-refractivity contribution >= 4 is 11.9 Å². The van der Waals surface area contributed by atoms with Crippen LogP contribution < -0.4 is 0 Å². The van der Waals surface area contributed by atoms with Crippen molar-refractivity contribution in [3.05, 3.63) is 48.6 Å². The van der Waals surface area contributed by atoms with E-state index in [9.17, 15) is 19.8 Å². The summed E-state index contributed by atoms with van der Waals surface area (Å²) in [6, 6.07) is 0. The molecule has 0 saturated heterocycles. The van der Waals surface area contributed by atoms with Gasteiger partial charge in [-0.15, -0.1) is 0 Å². The fourth-order valence-electron chi connectivity index (χ4n) is 3.39. The average Bonchev–Trinajstić information content (AvgIpc) is 2.89. The summed E-state index contributed by atoms with van der Waals surface area (Å²) in [6.45, 7) is 4.02. The standard InChI is InChI=1S/C31H52O6/c1-3-5-7-9-11-15-18-22-28(32)23-19-16-12-10-13-17-21-25-31(35)37-27-29(33)26-36-30(34)24-20-14-8-6-4-2/h10-11,13,15-16,18-19,22,28-29,32-33H,3-9,12,14,17,20-21,23-27H2,1-2H3/b13-10+,15-11-,19-16-,22-18-/t28-,29+/m1/s1. The van der Waals surface area contributed by atoms with Crippen molar-refractivity contribution in [1.29, 1.82) is 0 Å². The van der Waals surface area contributed by atoms with Crippen LogP contribution in [0.2, 0.25) is 0 Å². The van der Waals surface area contributed by atoms with Crippen LogP contribution in [-0.2, 0) is 19.1 Å². The second-order valence-corrected chi connectivity index (χ2v) is 9.37. The molecule has 0 bridgehead atoms. The van der Waals surface area contributed by atoms with Crippen molar-refractivity contribution in [2.24, 2.45) is 0 Å². The third kappa shape index (κ3) is 26.7. The second kappa shape index (κ2) is 26.9. The highest BCUT2D eigenvalue weighted by Gasteiger charge is 2.11. The van der Waals surface area contributed by atoms with Gasteiger partial charge in [0.25, 0.3) is 0 Å². The van der Waals surface area contributed by atoms with Crippen molar-refractivity contribution in [2.45, 2.75) is 122 Å². The molecule has 0 amide bonds. The molecule has 0 radical (unpaired) electrons. The zero-order valence-corrected chi connectivity index (χ0v) is 23.3. The summed E-state index contributed by atoms with van der Waals surface area (Å²) < 4.78 is 10.1. The summed E-state index contributed by atoms with van der Waals surface area (Å²) in [7, 11) is 0. The zero-order chi connectivity index (χ0) is 27.4. The summed E-state index contributed by atoms with van der Waals surface area (Å²) in [5, 5.41) is 19.8. The van der Waals surface area contributed by atoms with Gasteiger partial charge in [0, 0.05) is 12.8 Å². The van der Waals surface area contributed by atoms with E-state index >= 15 is 0 Å². The fourth-order valence-corrected chi connectivity index (χ4v) is 3.39. The third-order valence-electron chi connectivity index (χ3n) is 5.65. The van der Waals surface area contributed by atoms with E-state index in [0.717, 1.165) is 44.9 Å². The number of hydrogen-bond acceptors (Lipinski definition) is 6. The Morgan fingerprint density at radius 1 is 0.676 bits per heavy atom. The predicted octanol–water partition coefficient (Wildman–Crippen LogP) is 6.91. The van der Waals surface area contributed by atoms with Crippen molar-refractivity contribution in [1.82, 2.24) is 0 Å². The van der Waals surface area contributed by atoms with Crippen molar-refractivity contribution in [3.63, 3.8) is 0 Å². The number of unbranched alkanes of at least 4 members (excludes halogenated alkanes) is 8. The van der Waals surface area contributed by atoms with E-state index in [2.05, 4.69) is 19.9 Å². The number of aliphatic hydroxyl groups excluding tert-OH is 2. The van der Waals surface area contributed by atoms with Crippen molar-refractivity contribution < 1.29 is 29.3 Å². The largest absolute Gasteiger partial charge is 0.463 e. The second-order valence-electron chi connectivity index (χ2n) is 9.37. The number of allylic oxidation sites excluding steroid dienone is 6. The van der Waals surface area contributed by atoms with Gasteiger partial charge >= 0.3 is 11.9 Å². The minimum absolute atomic E-state index is 0.152. The molecule has 6 heteroatoms. The Hall–Kier alpha value is -2.18. The van der Waals surface area contributed by atoms with E-state index < -0.39 is 12.2 Å². The minimum Gasteiger partial charge on any atom is -0.463 e. The molecular formula is C31H52O6. The van der Waals surface area contributed by atoms with Gasteiger partial charge in [-0.1, -0.05) is 101 Å². The Labute approximate surface area is 225 Å². The van der Waals surface area contributed by atoms with Crippen LogP contribution >= 0.6 is 0 Å². The Kier molecular flexibility index (Phi) is 25.3. The first kappa shape index (κ1) is 34.8. The molecule has 0 unspecified atom stereocenters. The Morgan fingerprint density at radius 3 is 1.97 bits per heavy atom. The quantitative estimate of drug-likeness (QED) is 0.0622. The lowest BCUT2D eigenvalue weighted by Crippen LogP contribution is -2.25. The van der Waals surface area contributed by atoms with Crippen LogP contribution in [0.25, 0.3) is 0 Å². The highest BCUT2D eigenvalue weighted by Crippen LogP contribution is 2.06. The lowest BCUT2D eigenvalue weighted by Gasteiger charge is -2.12. The molecule has 2 atom stereocenters. The van der Waals surface area contributed by atoms with Crippen LogP contribution in [0.3, 0.4) is 0 Å². The summed E-state index contributed by atoms with van der Waals surface area (Å²) in [6.07, 6.45) is 27.9. The van der Waals surface area contributed by atoms with E-state index in [1.54, 1.807) is 6.08 Å². The lowest BCUT2D eigenvalue weighted by molar-refractivity contribution is -0.152. The van der Waals surface area contributed by atoms with Crippen molar-refractivity contribution in [2.75, 3.05) is 13.2 Å². The molecule has 0 heterocycles. The third-order valence-corrected chi connectivity index (χ3v) is 5.65. The van der Waals surface area contributed by atoms with Gasteiger partial charge in [-0.3, -0.25) is 9.59 Å². The SMILES string of the molecule is CCCCC/C=C\C=C/[C@@H](O)C/C=C\C/C=C/CCCC(=O)OC[C@@H](O)COC(=O)CCCCCCC. The van der Waals surface area contributed by atoms with Crippen LogP contribution in [-0.4, -0.2) is 47.6 Å². The van der Waals surface area contributed by atoms with Gasteiger partial charge in [-0.25, -0.2) is 0 Å². The molecule has 37 heavy (non-hydrogen) atoms. The molecule has 6 nitrogen and oxygen atoms in total. The van der Waals surface area contributed by atoms with Gasteiger partial charge in [-0.2, -0.15) is 0 Å². The smallest absolute Gasteiger partial charge is 0.305 e. The fraction of sp³-hybridized carbons (Fsp3) is 0.677. The minimum atomic E-state index is -0.999. The van der Waals surface area contributed by atoms with Gasteiger partial charge in [-0.05, 0) is 44.9 Å². The highest BCUT2D eigenvalue weighted by atomic mass is 16.6. The lowest BCUT2D eigenvalue weighted by atomic mass is 10.1. The number of esters is 2. The van der Waals surface area contributed by atoms with Gasteiger partial charge in [0.15, 0.2) is 0 Å². The maximum absolute atomic E-state index is 11.8.